The molecule has 1 atom stereocenters. The maximum Gasteiger partial charge on any atom is 0.249 e. The molecule has 3 aromatic rings. The van der Waals surface area contributed by atoms with Gasteiger partial charge < -0.3 is 15.4 Å². The molecule has 1 aliphatic rings. The Kier molecular flexibility index (Phi) is 4.75. The van der Waals surface area contributed by atoms with Gasteiger partial charge in [-0.3, -0.25) is 9.59 Å². The van der Waals surface area contributed by atoms with Gasteiger partial charge in [-0.25, -0.2) is 4.68 Å². The molecule has 0 saturated heterocycles. The molecular formula is C20H17ClN4O3. The first-order chi connectivity index (χ1) is 13.5. The van der Waals surface area contributed by atoms with Gasteiger partial charge in [0.2, 0.25) is 11.8 Å². The molecule has 0 radical (unpaired) electrons. The van der Waals surface area contributed by atoms with Gasteiger partial charge in [0, 0.05) is 17.3 Å². The van der Waals surface area contributed by atoms with Crippen molar-refractivity contribution in [3.05, 3.63) is 59.6 Å². The van der Waals surface area contributed by atoms with E-state index < -0.39 is 6.04 Å². The summed E-state index contributed by atoms with van der Waals surface area (Å²) in [7, 11) is 1.52. The van der Waals surface area contributed by atoms with E-state index in [1.165, 1.54) is 7.11 Å². The van der Waals surface area contributed by atoms with Gasteiger partial charge in [0.15, 0.2) is 0 Å². The zero-order valence-corrected chi connectivity index (χ0v) is 15.7. The first-order valence-electron chi connectivity index (χ1n) is 8.64. The highest BCUT2D eigenvalue weighted by Gasteiger charge is 2.32. The van der Waals surface area contributed by atoms with Crippen LogP contribution < -0.4 is 15.4 Å². The molecule has 0 aliphatic carbocycles. The molecule has 28 heavy (non-hydrogen) atoms. The van der Waals surface area contributed by atoms with Crippen LogP contribution in [0.4, 0.5) is 11.5 Å². The van der Waals surface area contributed by atoms with Crippen LogP contribution in [-0.4, -0.2) is 28.7 Å². The minimum Gasteiger partial charge on any atom is -0.495 e. The van der Waals surface area contributed by atoms with Crippen molar-refractivity contribution < 1.29 is 14.3 Å². The number of nitrogens with zero attached hydrogens (tertiary/aromatic N) is 2. The van der Waals surface area contributed by atoms with Crippen LogP contribution in [0.15, 0.2) is 54.6 Å². The smallest absolute Gasteiger partial charge is 0.249 e. The van der Waals surface area contributed by atoms with Crippen molar-refractivity contribution in [2.24, 2.45) is 0 Å². The zero-order chi connectivity index (χ0) is 19.7. The molecule has 1 aromatic heterocycles. The van der Waals surface area contributed by atoms with E-state index in [4.69, 9.17) is 16.3 Å². The Morgan fingerprint density at radius 2 is 2.04 bits per heavy atom. The van der Waals surface area contributed by atoms with Crippen LogP contribution >= 0.6 is 11.6 Å². The number of anilines is 2. The van der Waals surface area contributed by atoms with Crippen LogP contribution in [0.2, 0.25) is 5.02 Å². The number of fused-ring (bicyclic) bond motifs is 1. The lowest BCUT2D eigenvalue weighted by Gasteiger charge is -2.23. The van der Waals surface area contributed by atoms with Gasteiger partial charge in [0.1, 0.15) is 17.6 Å². The summed E-state index contributed by atoms with van der Waals surface area (Å²) >= 11 is 6.12. The fraction of sp³-hybridized carbons (Fsp3) is 0.150. The molecule has 0 spiro atoms. The highest BCUT2D eigenvalue weighted by atomic mass is 35.5. The van der Waals surface area contributed by atoms with Crippen LogP contribution in [0.1, 0.15) is 12.5 Å². The number of methoxy groups -OCH3 is 1. The zero-order valence-electron chi connectivity index (χ0n) is 15.0. The second-order valence-corrected chi connectivity index (χ2v) is 6.74. The molecule has 0 saturated carbocycles. The Morgan fingerprint density at radius 1 is 1.25 bits per heavy atom. The van der Waals surface area contributed by atoms with E-state index >= 15 is 0 Å². The number of nitrogens with one attached hydrogen (secondary N) is 2. The topological polar surface area (TPSA) is 85.2 Å². The average molecular weight is 397 g/mol. The number of carbonyl (C=O) groups is 2. The van der Waals surface area contributed by atoms with Gasteiger partial charge in [0.25, 0.3) is 0 Å². The number of benzene rings is 2. The fourth-order valence-corrected chi connectivity index (χ4v) is 3.36. The summed E-state index contributed by atoms with van der Waals surface area (Å²) in [6.45, 7) is 0. The van der Waals surface area contributed by atoms with Crippen molar-refractivity contribution in [1.82, 2.24) is 9.78 Å². The lowest BCUT2D eigenvalue weighted by molar-refractivity contribution is -0.125. The Hall–Kier alpha value is -3.32. The van der Waals surface area contributed by atoms with E-state index in [0.717, 1.165) is 5.56 Å². The predicted octanol–water partition coefficient (Wildman–Crippen LogP) is 3.73. The summed E-state index contributed by atoms with van der Waals surface area (Å²) in [5, 5.41) is 10.5. The van der Waals surface area contributed by atoms with E-state index in [0.29, 0.717) is 28.0 Å². The molecule has 7 nitrogen and oxygen atoms in total. The van der Waals surface area contributed by atoms with Gasteiger partial charge >= 0.3 is 0 Å². The predicted molar refractivity (Wildman–Crippen MR) is 107 cm³/mol. The lowest BCUT2D eigenvalue weighted by Crippen LogP contribution is -2.35. The fourth-order valence-electron chi connectivity index (χ4n) is 3.10. The second-order valence-electron chi connectivity index (χ2n) is 6.33. The standard InChI is InChI=1S/C20H17ClN4O3/c1-28-17-8-7-13(9-14(17)21)22-20(27)16-11-19(26)23-18-10-15(24-25(16)18)12-5-3-2-4-6-12/h2-10,16H,11H2,1H3,(H,22,27)(H,23,26). The Balaban J connectivity index is 1.62. The third-order valence-electron chi connectivity index (χ3n) is 4.47. The van der Waals surface area contributed by atoms with Gasteiger partial charge in [-0.1, -0.05) is 41.9 Å². The van der Waals surface area contributed by atoms with Crippen LogP contribution in [-0.2, 0) is 9.59 Å². The SMILES string of the molecule is COc1ccc(NC(=O)C2CC(=O)Nc3cc(-c4ccccc4)nn32)cc1Cl. The summed E-state index contributed by atoms with van der Waals surface area (Å²) in [4.78, 5) is 25.0. The van der Waals surface area contributed by atoms with E-state index in [9.17, 15) is 9.59 Å². The normalized spacial score (nSPS) is 15.5. The molecule has 142 valence electrons. The molecule has 8 heteroatoms. The molecule has 2 amide bonds. The summed E-state index contributed by atoms with van der Waals surface area (Å²) < 4.78 is 6.66. The van der Waals surface area contributed by atoms with E-state index in [-0.39, 0.29) is 18.2 Å². The molecule has 0 bridgehead atoms. The quantitative estimate of drug-likeness (QED) is 0.703. The molecule has 0 fully saturated rings. The summed E-state index contributed by atoms with van der Waals surface area (Å²) in [6.07, 6.45) is -0.00136. The minimum atomic E-state index is -0.762. The average Bonchev–Trinajstić information content (AvgIpc) is 3.12. The number of rotatable bonds is 4. The minimum absolute atomic E-state index is 0.00136. The third-order valence-corrected chi connectivity index (χ3v) is 4.76. The third kappa shape index (κ3) is 3.44. The Labute approximate surface area is 166 Å². The van der Waals surface area contributed by atoms with Crippen LogP contribution in [0, 0.1) is 0 Å². The molecule has 4 rings (SSSR count). The van der Waals surface area contributed by atoms with Crippen LogP contribution in [0.5, 0.6) is 5.75 Å². The van der Waals surface area contributed by atoms with Gasteiger partial charge in [-0.05, 0) is 18.2 Å². The van der Waals surface area contributed by atoms with Crippen molar-refractivity contribution in [3.63, 3.8) is 0 Å². The van der Waals surface area contributed by atoms with Crippen molar-refractivity contribution in [1.29, 1.82) is 0 Å². The monoisotopic (exact) mass is 396 g/mol. The van der Waals surface area contributed by atoms with Crippen molar-refractivity contribution >= 4 is 34.9 Å². The summed E-state index contributed by atoms with van der Waals surface area (Å²) in [5.74, 6) is 0.418. The number of carbonyl (C=O) groups excluding carboxylic acids is 2. The number of amides is 2. The highest BCUT2D eigenvalue weighted by Crippen LogP contribution is 2.31. The first kappa shape index (κ1) is 18.1. The first-order valence-corrected chi connectivity index (χ1v) is 9.02. The largest absolute Gasteiger partial charge is 0.495 e. The summed E-state index contributed by atoms with van der Waals surface area (Å²) in [6, 6.07) is 15.5. The van der Waals surface area contributed by atoms with Gasteiger partial charge in [-0.15, -0.1) is 0 Å². The maximum atomic E-state index is 12.9. The van der Waals surface area contributed by atoms with Crippen LogP contribution in [0.3, 0.4) is 0 Å². The van der Waals surface area contributed by atoms with Gasteiger partial charge in [0.05, 0.1) is 24.2 Å². The number of hydrogen-bond donors (Lipinski definition) is 2. The number of hydrogen-bond acceptors (Lipinski definition) is 4. The molecule has 1 unspecified atom stereocenters. The number of aromatic nitrogens is 2. The second kappa shape index (κ2) is 7.36. The summed E-state index contributed by atoms with van der Waals surface area (Å²) in [5.41, 5.74) is 2.10. The van der Waals surface area contributed by atoms with Gasteiger partial charge in [-0.2, -0.15) is 5.10 Å². The van der Waals surface area contributed by atoms with E-state index in [1.807, 2.05) is 30.3 Å². The Bertz CT molecular complexity index is 1050. The van der Waals surface area contributed by atoms with Crippen molar-refractivity contribution in [2.75, 3.05) is 17.7 Å². The molecular weight excluding hydrogens is 380 g/mol. The molecule has 2 heterocycles. The number of ether oxygens (including phenoxy) is 1. The number of halogens is 1. The van der Waals surface area contributed by atoms with Crippen molar-refractivity contribution in [2.45, 2.75) is 12.5 Å². The molecule has 2 aromatic carbocycles. The van der Waals surface area contributed by atoms with Crippen LogP contribution in [0.25, 0.3) is 11.3 Å². The van der Waals surface area contributed by atoms with E-state index in [2.05, 4.69) is 15.7 Å². The Morgan fingerprint density at radius 3 is 2.75 bits per heavy atom. The molecule has 2 N–H and O–H groups in total. The highest BCUT2D eigenvalue weighted by molar-refractivity contribution is 6.32. The lowest BCUT2D eigenvalue weighted by atomic mass is 10.1. The maximum absolute atomic E-state index is 12.9. The van der Waals surface area contributed by atoms with Crippen molar-refractivity contribution in [3.8, 4) is 17.0 Å². The molecule has 1 aliphatic heterocycles. The van der Waals surface area contributed by atoms with E-state index in [1.54, 1.807) is 28.9 Å².